The van der Waals surface area contributed by atoms with Crippen molar-refractivity contribution in [2.24, 2.45) is 0 Å². The zero-order valence-electron chi connectivity index (χ0n) is 6.93. The number of benzene rings is 1. The summed E-state index contributed by atoms with van der Waals surface area (Å²) in [5, 5.41) is 2.69. The summed E-state index contributed by atoms with van der Waals surface area (Å²) in [5.41, 5.74) is -0.645. The third kappa shape index (κ3) is 2.45. The number of carbonyl (C=O) groups excluding carboxylic acids is 1. The highest BCUT2D eigenvalue weighted by Crippen LogP contribution is 2.30. The molecule has 1 atom stereocenters. The van der Waals surface area contributed by atoms with Gasteiger partial charge < -0.3 is 5.32 Å². The molecule has 1 amide bonds. The number of rotatable bonds is 2. The van der Waals surface area contributed by atoms with Gasteiger partial charge in [0.05, 0.1) is 5.56 Å². The standard InChI is InChI=1S/C8H7F3NOP/c9-8(10,11)5-1-2-7(14)6(3-5)12-4-13/h1-4H,14H2,(H,12,13). The number of hydrogen-bond acceptors (Lipinski definition) is 1. The molecule has 0 aliphatic heterocycles. The number of anilines is 1. The first-order chi connectivity index (χ1) is 6.45. The fourth-order valence-electron chi connectivity index (χ4n) is 0.921. The van der Waals surface area contributed by atoms with Crippen LogP contribution < -0.4 is 10.6 Å². The van der Waals surface area contributed by atoms with Gasteiger partial charge in [-0.1, -0.05) is 6.07 Å². The quantitative estimate of drug-likeness (QED) is 0.598. The van der Waals surface area contributed by atoms with E-state index in [1.807, 2.05) is 0 Å². The van der Waals surface area contributed by atoms with E-state index in [0.29, 0.717) is 11.7 Å². The highest BCUT2D eigenvalue weighted by atomic mass is 31.0. The van der Waals surface area contributed by atoms with Crippen LogP contribution in [0.15, 0.2) is 18.2 Å². The molecule has 14 heavy (non-hydrogen) atoms. The molecule has 0 heterocycles. The predicted molar refractivity (Wildman–Crippen MR) is 50.5 cm³/mol. The molecular formula is C8H7F3NOP. The van der Waals surface area contributed by atoms with E-state index in [1.54, 1.807) is 0 Å². The van der Waals surface area contributed by atoms with Gasteiger partial charge in [0.25, 0.3) is 0 Å². The fourth-order valence-corrected chi connectivity index (χ4v) is 1.18. The van der Waals surface area contributed by atoms with E-state index >= 15 is 0 Å². The first kappa shape index (κ1) is 11.0. The second-order valence-electron chi connectivity index (χ2n) is 2.56. The van der Waals surface area contributed by atoms with Crippen LogP contribution in [-0.2, 0) is 11.0 Å². The first-order valence-corrected chi connectivity index (χ1v) is 4.20. The van der Waals surface area contributed by atoms with Crippen molar-refractivity contribution in [2.45, 2.75) is 6.18 Å². The van der Waals surface area contributed by atoms with Gasteiger partial charge in [0.1, 0.15) is 0 Å². The van der Waals surface area contributed by atoms with Crippen LogP contribution in [0.4, 0.5) is 18.9 Å². The molecule has 0 fully saturated rings. The average molecular weight is 221 g/mol. The Morgan fingerprint density at radius 1 is 1.36 bits per heavy atom. The number of halogens is 3. The molecule has 6 heteroatoms. The van der Waals surface area contributed by atoms with Crippen LogP contribution in [0.2, 0.25) is 0 Å². The highest BCUT2D eigenvalue weighted by molar-refractivity contribution is 7.28. The average Bonchev–Trinajstić information content (AvgIpc) is 2.07. The summed E-state index contributed by atoms with van der Waals surface area (Å²) in [7, 11) is 2.24. The van der Waals surface area contributed by atoms with Gasteiger partial charge in [-0.3, -0.25) is 4.79 Å². The van der Waals surface area contributed by atoms with E-state index in [4.69, 9.17) is 0 Å². The summed E-state index contributed by atoms with van der Waals surface area (Å²) in [6.45, 7) is 0. The molecule has 1 N–H and O–H groups in total. The zero-order valence-corrected chi connectivity index (χ0v) is 8.08. The van der Waals surface area contributed by atoms with Crippen molar-refractivity contribution in [2.75, 3.05) is 5.32 Å². The summed E-state index contributed by atoms with van der Waals surface area (Å²) in [5.74, 6) is 0. The highest BCUT2D eigenvalue weighted by Gasteiger charge is 2.30. The summed E-state index contributed by atoms with van der Waals surface area (Å²) >= 11 is 0. The Bertz CT molecular complexity index is 351. The van der Waals surface area contributed by atoms with Crippen molar-refractivity contribution in [3.63, 3.8) is 0 Å². The monoisotopic (exact) mass is 221 g/mol. The minimum absolute atomic E-state index is 0.139. The lowest BCUT2D eigenvalue weighted by molar-refractivity contribution is -0.137. The first-order valence-electron chi connectivity index (χ1n) is 3.62. The third-order valence-electron chi connectivity index (χ3n) is 1.60. The summed E-state index contributed by atoms with van der Waals surface area (Å²) < 4.78 is 36.7. The molecule has 2 nitrogen and oxygen atoms in total. The molecule has 76 valence electrons. The van der Waals surface area contributed by atoms with Gasteiger partial charge in [-0.25, -0.2) is 0 Å². The van der Waals surface area contributed by atoms with E-state index in [-0.39, 0.29) is 5.69 Å². The Kier molecular flexibility index (Phi) is 3.11. The van der Waals surface area contributed by atoms with Gasteiger partial charge in [-0.2, -0.15) is 13.2 Å². The fraction of sp³-hybridized carbons (Fsp3) is 0.125. The maximum atomic E-state index is 12.2. The van der Waals surface area contributed by atoms with Crippen LogP contribution >= 0.6 is 9.24 Å². The van der Waals surface area contributed by atoms with E-state index in [0.717, 1.165) is 12.1 Å². The number of alkyl halides is 3. The number of nitrogens with one attached hydrogen (secondary N) is 1. The predicted octanol–water partition coefficient (Wildman–Crippen LogP) is 1.77. The minimum Gasteiger partial charge on any atom is -0.328 e. The van der Waals surface area contributed by atoms with Crippen LogP contribution in [0.1, 0.15) is 5.56 Å². The van der Waals surface area contributed by atoms with E-state index in [9.17, 15) is 18.0 Å². The third-order valence-corrected chi connectivity index (χ3v) is 2.10. The van der Waals surface area contributed by atoms with E-state index < -0.39 is 11.7 Å². The van der Waals surface area contributed by atoms with Gasteiger partial charge >= 0.3 is 6.18 Å². The van der Waals surface area contributed by atoms with Crippen molar-refractivity contribution in [3.8, 4) is 0 Å². The molecule has 0 saturated carbocycles. The molecule has 0 bridgehead atoms. The molecule has 1 unspecified atom stereocenters. The molecule has 0 radical (unpaired) electrons. The molecule has 0 saturated heterocycles. The Hall–Kier alpha value is -1.09. The van der Waals surface area contributed by atoms with E-state index in [2.05, 4.69) is 14.6 Å². The lowest BCUT2D eigenvalue weighted by Gasteiger charge is -2.09. The lowest BCUT2D eigenvalue weighted by atomic mass is 10.2. The van der Waals surface area contributed by atoms with Crippen molar-refractivity contribution in [1.29, 1.82) is 0 Å². The molecule has 0 aromatic heterocycles. The normalized spacial score (nSPS) is 11.1. The maximum Gasteiger partial charge on any atom is 0.416 e. The van der Waals surface area contributed by atoms with Crippen molar-refractivity contribution >= 4 is 26.6 Å². The molecule has 1 aromatic rings. The Morgan fingerprint density at radius 3 is 2.50 bits per heavy atom. The van der Waals surface area contributed by atoms with Crippen LogP contribution in [0.25, 0.3) is 0 Å². The smallest absolute Gasteiger partial charge is 0.328 e. The Labute approximate surface area is 80.7 Å². The summed E-state index contributed by atoms with van der Waals surface area (Å²) in [6, 6.07) is 3.12. The molecule has 0 spiro atoms. The molecule has 1 aromatic carbocycles. The van der Waals surface area contributed by atoms with Crippen molar-refractivity contribution < 1.29 is 18.0 Å². The van der Waals surface area contributed by atoms with Crippen LogP contribution in [0.3, 0.4) is 0 Å². The van der Waals surface area contributed by atoms with Crippen molar-refractivity contribution in [1.82, 2.24) is 0 Å². The second kappa shape index (κ2) is 3.96. The van der Waals surface area contributed by atoms with Crippen LogP contribution in [0.5, 0.6) is 0 Å². The molecule has 0 aliphatic rings. The van der Waals surface area contributed by atoms with Crippen LogP contribution in [-0.4, -0.2) is 6.41 Å². The Balaban J connectivity index is 3.12. The van der Waals surface area contributed by atoms with Crippen LogP contribution in [0, 0.1) is 0 Å². The van der Waals surface area contributed by atoms with Gasteiger partial charge in [0.15, 0.2) is 0 Å². The largest absolute Gasteiger partial charge is 0.416 e. The molecule has 1 rings (SSSR count). The van der Waals surface area contributed by atoms with Gasteiger partial charge in [-0.15, -0.1) is 9.24 Å². The lowest BCUT2D eigenvalue weighted by Crippen LogP contribution is -2.10. The second-order valence-corrected chi connectivity index (χ2v) is 3.18. The summed E-state index contributed by atoms with van der Waals surface area (Å²) in [4.78, 5) is 10.1. The maximum absolute atomic E-state index is 12.2. The zero-order chi connectivity index (χ0) is 10.8. The topological polar surface area (TPSA) is 29.1 Å². The van der Waals surface area contributed by atoms with Crippen molar-refractivity contribution in [3.05, 3.63) is 23.8 Å². The van der Waals surface area contributed by atoms with Gasteiger partial charge in [0.2, 0.25) is 6.41 Å². The SMILES string of the molecule is O=CNc1cc(C(F)(F)F)ccc1P. The minimum atomic E-state index is -4.39. The van der Waals surface area contributed by atoms with E-state index in [1.165, 1.54) is 6.07 Å². The summed E-state index contributed by atoms with van der Waals surface area (Å²) in [6.07, 6.45) is -4.05. The number of hydrogen-bond donors (Lipinski definition) is 1. The number of carbonyl (C=O) groups is 1. The molecular weight excluding hydrogens is 214 g/mol. The van der Waals surface area contributed by atoms with Gasteiger partial charge in [-0.05, 0) is 17.4 Å². The number of amides is 1. The Morgan fingerprint density at radius 2 is 2.00 bits per heavy atom. The van der Waals surface area contributed by atoms with Gasteiger partial charge in [0, 0.05) is 5.69 Å². The molecule has 0 aliphatic carbocycles.